The SMILES string of the molecule is C=C(O[SiH](C)C)C(=O)O. The minimum absolute atomic E-state index is 0.142. The van der Waals surface area contributed by atoms with Crippen LogP contribution in [0.15, 0.2) is 12.3 Å². The Kier molecular flexibility index (Phi) is 3.01. The molecule has 0 saturated heterocycles. The quantitative estimate of drug-likeness (QED) is 0.360. The molecule has 0 aliphatic rings. The maximum absolute atomic E-state index is 10.0. The van der Waals surface area contributed by atoms with Gasteiger partial charge < -0.3 is 9.53 Å². The third kappa shape index (κ3) is 3.78. The first-order valence-electron chi connectivity index (χ1n) is 2.63. The van der Waals surface area contributed by atoms with Crippen molar-refractivity contribution in [1.82, 2.24) is 0 Å². The second kappa shape index (κ2) is 3.29. The van der Waals surface area contributed by atoms with Crippen LogP contribution in [0.4, 0.5) is 0 Å². The van der Waals surface area contributed by atoms with E-state index < -0.39 is 15.0 Å². The summed E-state index contributed by atoms with van der Waals surface area (Å²) in [7, 11) is -1.26. The maximum atomic E-state index is 10.0. The lowest BCUT2D eigenvalue weighted by Crippen LogP contribution is -2.12. The van der Waals surface area contributed by atoms with Crippen molar-refractivity contribution < 1.29 is 14.3 Å². The summed E-state index contributed by atoms with van der Waals surface area (Å²) in [6, 6.07) is 0. The summed E-state index contributed by atoms with van der Waals surface area (Å²) in [6.07, 6.45) is 0. The number of hydrogen-bond acceptors (Lipinski definition) is 2. The zero-order valence-electron chi connectivity index (χ0n) is 5.55. The summed E-state index contributed by atoms with van der Waals surface area (Å²) in [5.74, 6) is -1.21. The predicted octanol–water partition coefficient (Wildman–Crippen LogP) is 0.585. The molecule has 0 fully saturated rings. The summed E-state index contributed by atoms with van der Waals surface area (Å²) in [6.45, 7) is 6.97. The second-order valence-electron chi connectivity index (χ2n) is 1.89. The molecule has 0 aromatic heterocycles. The van der Waals surface area contributed by atoms with E-state index in [4.69, 9.17) is 9.53 Å². The van der Waals surface area contributed by atoms with Gasteiger partial charge in [0.15, 0.2) is 5.76 Å². The van der Waals surface area contributed by atoms with Crippen LogP contribution < -0.4 is 0 Å². The van der Waals surface area contributed by atoms with E-state index in [0.29, 0.717) is 0 Å². The lowest BCUT2D eigenvalue weighted by atomic mass is 10.6. The molecule has 0 aliphatic heterocycles. The van der Waals surface area contributed by atoms with Crippen molar-refractivity contribution in [3.8, 4) is 0 Å². The Morgan fingerprint density at radius 1 is 1.67 bits per heavy atom. The minimum atomic E-state index is -1.26. The Morgan fingerprint density at radius 2 is 2.11 bits per heavy atom. The van der Waals surface area contributed by atoms with Crippen LogP contribution in [-0.2, 0) is 9.22 Å². The number of carboxylic acid groups (broad SMARTS) is 1. The van der Waals surface area contributed by atoms with Crippen LogP contribution in [0.3, 0.4) is 0 Å². The van der Waals surface area contributed by atoms with Gasteiger partial charge in [0.2, 0.25) is 9.04 Å². The fraction of sp³-hybridized carbons (Fsp3) is 0.400. The molecule has 52 valence electrons. The molecule has 0 unspecified atom stereocenters. The molecule has 0 aromatic carbocycles. The lowest BCUT2D eigenvalue weighted by Gasteiger charge is -2.06. The van der Waals surface area contributed by atoms with Crippen molar-refractivity contribution >= 4 is 15.0 Å². The molecule has 0 saturated carbocycles. The molecule has 0 rings (SSSR count). The van der Waals surface area contributed by atoms with Gasteiger partial charge in [-0.25, -0.2) is 4.79 Å². The highest BCUT2D eigenvalue weighted by Crippen LogP contribution is 1.95. The van der Waals surface area contributed by atoms with Gasteiger partial charge >= 0.3 is 5.97 Å². The monoisotopic (exact) mass is 146 g/mol. The van der Waals surface area contributed by atoms with E-state index in [-0.39, 0.29) is 5.76 Å². The molecule has 0 bridgehead atoms. The van der Waals surface area contributed by atoms with Crippen LogP contribution in [0.1, 0.15) is 0 Å². The van der Waals surface area contributed by atoms with Crippen molar-refractivity contribution in [2.24, 2.45) is 0 Å². The number of aliphatic carboxylic acids is 1. The first kappa shape index (κ1) is 8.23. The lowest BCUT2D eigenvalue weighted by molar-refractivity contribution is -0.135. The zero-order chi connectivity index (χ0) is 7.44. The van der Waals surface area contributed by atoms with Gasteiger partial charge in [-0.05, 0) is 13.1 Å². The van der Waals surface area contributed by atoms with Gasteiger partial charge in [0.05, 0.1) is 0 Å². The number of carboxylic acids is 1. The molecule has 3 nitrogen and oxygen atoms in total. The summed E-state index contributed by atoms with van der Waals surface area (Å²) in [5.41, 5.74) is 0. The topological polar surface area (TPSA) is 46.5 Å². The Morgan fingerprint density at radius 3 is 2.22 bits per heavy atom. The molecule has 9 heavy (non-hydrogen) atoms. The van der Waals surface area contributed by atoms with Crippen molar-refractivity contribution in [3.05, 3.63) is 12.3 Å². The van der Waals surface area contributed by atoms with Crippen molar-refractivity contribution in [2.45, 2.75) is 13.1 Å². The molecule has 0 spiro atoms. The van der Waals surface area contributed by atoms with Gasteiger partial charge in [0.1, 0.15) is 0 Å². The zero-order valence-corrected chi connectivity index (χ0v) is 6.70. The van der Waals surface area contributed by atoms with E-state index in [9.17, 15) is 4.79 Å². The highest BCUT2D eigenvalue weighted by molar-refractivity contribution is 6.49. The standard InChI is InChI=1S/C5H10O3Si/c1-4(5(6)7)8-9(2)3/h9H,1H2,2-3H3,(H,6,7). The summed E-state index contributed by atoms with van der Waals surface area (Å²) >= 11 is 0. The van der Waals surface area contributed by atoms with Gasteiger partial charge in [-0.3, -0.25) is 0 Å². The van der Waals surface area contributed by atoms with Crippen LogP contribution in [0, 0.1) is 0 Å². The largest absolute Gasteiger partial charge is 0.543 e. The third-order valence-electron chi connectivity index (χ3n) is 0.616. The van der Waals surface area contributed by atoms with Crippen LogP contribution in [0.25, 0.3) is 0 Å². The third-order valence-corrected chi connectivity index (χ3v) is 1.37. The van der Waals surface area contributed by atoms with Gasteiger partial charge in [-0.1, -0.05) is 6.58 Å². The molecule has 0 aromatic rings. The molecule has 4 heteroatoms. The smallest absolute Gasteiger partial charge is 0.369 e. The molecule has 0 heterocycles. The molecule has 0 atom stereocenters. The number of rotatable bonds is 3. The van der Waals surface area contributed by atoms with Crippen LogP contribution in [0.2, 0.25) is 13.1 Å². The fourth-order valence-corrected chi connectivity index (χ4v) is 1.00. The van der Waals surface area contributed by atoms with Crippen molar-refractivity contribution in [2.75, 3.05) is 0 Å². The van der Waals surface area contributed by atoms with Gasteiger partial charge in [-0.2, -0.15) is 0 Å². The normalized spacial score (nSPS) is 9.22. The molecule has 0 amide bonds. The molecule has 1 N–H and O–H groups in total. The van der Waals surface area contributed by atoms with Gasteiger partial charge in [0, 0.05) is 0 Å². The van der Waals surface area contributed by atoms with Crippen LogP contribution in [-0.4, -0.2) is 20.1 Å². The second-order valence-corrected chi connectivity index (χ2v) is 4.23. The van der Waals surface area contributed by atoms with E-state index in [2.05, 4.69) is 6.58 Å². The summed E-state index contributed by atoms with van der Waals surface area (Å²) in [4.78, 5) is 10.0. The van der Waals surface area contributed by atoms with E-state index in [1.54, 1.807) is 0 Å². The Balaban J connectivity index is 3.65. The summed E-state index contributed by atoms with van der Waals surface area (Å²) < 4.78 is 4.86. The predicted molar refractivity (Wildman–Crippen MR) is 36.7 cm³/mol. The van der Waals surface area contributed by atoms with E-state index in [1.165, 1.54) is 0 Å². The fourth-order valence-electron chi connectivity index (χ4n) is 0.335. The van der Waals surface area contributed by atoms with Crippen molar-refractivity contribution in [1.29, 1.82) is 0 Å². The average molecular weight is 146 g/mol. The molecular formula is C5H10O3Si. The van der Waals surface area contributed by atoms with Gasteiger partial charge in [0.25, 0.3) is 0 Å². The summed E-state index contributed by atoms with van der Waals surface area (Å²) in [5, 5.41) is 8.23. The molecular weight excluding hydrogens is 136 g/mol. The van der Waals surface area contributed by atoms with Crippen LogP contribution in [0.5, 0.6) is 0 Å². The first-order chi connectivity index (χ1) is 4.04. The Labute approximate surface area is 55.7 Å². The molecule has 0 radical (unpaired) electrons. The highest BCUT2D eigenvalue weighted by atomic mass is 28.3. The Bertz CT molecular complexity index is 130. The van der Waals surface area contributed by atoms with Crippen LogP contribution >= 0.6 is 0 Å². The number of hydrogen-bond donors (Lipinski definition) is 1. The maximum Gasteiger partial charge on any atom is 0.369 e. The van der Waals surface area contributed by atoms with Crippen molar-refractivity contribution in [3.63, 3.8) is 0 Å². The highest BCUT2D eigenvalue weighted by Gasteiger charge is 2.06. The average Bonchev–Trinajstić information content (AvgIpc) is 1.63. The Hall–Kier alpha value is -0.773. The number of carbonyl (C=O) groups is 1. The van der Waals surface area contributed by atoms with Gasteiger partial charge in [-0.15, -0.1) is 0 Å². The van der Waals surface area contributed by atoms with E-state index in [0.717, 1.165) is 0 Å². The minimum Gasteiger partial charge on any atom is -0.543 e. The molecule has 0 aliphatic carbocycles. The first-order valence-corrected chi connectivity index (χ1v) is 5.41. The van der Waals surface area contributed by atoms with E-state index >= 15 is 0 Å². The van der Waals surface area contributed by atoms with E-state index in [1.807, 2.05) is 13.1 Å².